The molecular weight excluding hydrogens is 262 g/mol. The number of hydrogen-bond acceptors (Lipinski definition) is 3. The Bertz CT molecular complexity index is 473. The summed E-state index contributed by atoms with van der Waals surface area (Å²) in [5, 5.41) is 11.2. The van der Waals surface area contributed by atoms with Crippen molar-refractivity contribution < 1.29 is 9.84 Å². The molecule has 19 heavy (non-hydrogen) atoms. The minimum atomic E-state index is -0.515. The molecule has 1 aliphatic carbocycles. The van der Waals surface area contributed by atoms with E-state index in [1.54, 1.807) is 12.1 Å². The predicted molar refractivity (Wildman–Crippen MR) is 76.1 cm³/mol. The SMILES string of the molecule is Nc1cc(Cl)ccc1C(O)C1CCOC2(CCC2)C1. The van der Waals surface area contributed by atoms with Crippen LogP contribution < -0.4 is 5.73 Å². The van der Waals surface area contributed by atoms with Crippen molar-refractivity contribution in [3.63, 3.8) is 0 Å². The van der Waals surface area contributed by atoms with Gasteiger partial charge in [0.25, 0.3) is 0 Å². The average Bonchev–Trinajstić information content (AvgIpc) is 2.36. The Balaban J connectivity index is 1.77. The summed E-state index contributed by atoms with van der Waals surface area (Å²) < 4.78 is 5.90. The third-order valence-electron chi connectivity index (χ3n) is 4.61. The topological polar surface area (TPSA) is 55.5 Å². The quantitative estimate of drug-likeness (QED) is 0.818. The van der Waals surface area contributed by atoms with Gasteiger partial charge in [0.15, 0.2) is 0 Å². The largest absolute Gasteiger partial charge is 0.398 e. The van der Waals surface area contributed by atoms with E-state index in [0.717, 1.165) is 37.9 Å². The molecule has 1 aromatic carbocycles. The molecule has 0 radical (unpaired) electrons. The molecule has 104 valence electrons. The molecule has 2 fully saturated rings. The second kappa shape index (κ2) is 4.97. The maximum atomic E-state index is 10.6. The number of benzene rings is 1. The Morgan fingerprint density at radius 2 is 2.21 bits per heavy atom. The number of anilines is 1. The lowest BCUT2D eigenvalue weighted by molar-refractivity contribution is -0.157. The molecular formula is C15H20ClNO2. The molecule has 1 saturated carbocycles. The fourth-order valence-corrected chi connectivity index (χ4v) is 3.50. The lowest BCUT2D eigenvalue weighted by Crippen LogP contribution is -2.46. The van der Waals surface area contributed by atoms with Crippen LogP contribution in [-0.2, 0) is 4.74 Å². The first-order valence-corrected chi connectivity index (χ1v) is 7.34. The van der Waals surface area contributed by atoms with Crippen LogP contribution in [0.15, 0.2) is 18.2 Å². The first-order valence-electron chi connectivity index (χ1n) is 6.97. The normalized spacial score (nSPS) is 26.9. The van der Waals surface area contributed by atoms with Gasteiger partial charge in [-0.25, -0.2) is 0 Å². The van der Waals surface area contributed by atoms with E-state index in [2.05, 4.69) is 0 Å². The molecule has 2 unspecified atom stereocenters. The van der Waals surface area contributed by atoms with E-state index < -0.39 is 6.10 Å². The van der Waals surface area contributed by atoms with Crippen molar-refractivity contribution in [3.8, 4) is 0 Å². The minimum Gasteiger partial charge on any atom is -0.398 e. The summed E-state index contributed by atoms with van der Waals surface area (Å²) >= 11 is 5.90. The highest BCUT2D eigenvalue weighted by molar-refractivity contribution is 6.30. The molecule has 1 aromatic rings. The molecule has 4 heteroatoms. The van der Waals surface area contributed by atoms with Crippen LogP contribution in [0.4, 0.5) is 5.69 Å². The molecule has 2 atom stereocenters. The Labute approximate surface area is 118 Å². The monoisotopic (exact) mass is 281 g/mol. The van der Waals surface area contributed by atoms with Crippen LogP contribution in [-0.4, -0.2) is 17.3 Å². The molecule has 1 saturated heterocycles. The summed E-state index contributed by atoms with van der Waals surface area (Å²) in [6, 6.07) is 5.33. The van der Waals surface area contributed by atoms with Gasteiger partial charge in [-0.05, 0) is 50.2 Å². The Hall–Kier alpha value is -0.770. The molecule has 1 heterocycles. The summed E-state index contributed by atoms with van der Waals surface area (Å²) in [5.74, 6) is 0.234. The molecule has 0 aromatic heterocycles. The molecule has 3 rings (SSSR count). The van der Waals surface area contributed by atoms with Gasteiger partial charge in [-0.2, -0.15) is 0 Å². The minimum absolute atomic E-state index is 0.0467. The van der Waals surface area contributed by atoms with E-state index in [9.17, 15) is 5.11 Å². The molecule has 0 amide bonds. The van der Waals surface area contributed by atoms with Gasteiger partial charge in [-0.1, -0.05) is 17.7 Å². The van der Waals surface area contributed by atoms with Crippen LogP contribution in [0.2, 0.25) is 5.02 Å². The highest BCUT2D eigenvalue weighted by Crippen LogP contribution is 2.47. The van der Waals surface area contributed by atoms with Crippen molar-refractivity contribution in [3.05, 3.63) is 28.8 Å². The van der Waals surface area contributed by atoms with Gasteiger partial charge < -0.3 is 15.6 Å². The van der Waals surface area contributed by atoms with E-state index in [1.807, 2.05) is 6.07 Å². The van der Waals surface area contributed by atoms with Crippen LogP contribution in [0.3, 0.4) is 0 Å². The van der Waals surface area contributed by atoms with Gasteiger partial charge in [-0.15, -0.1) is 0 Å². The fourth-order valence-electron chi connectivity index (χ4n) is 3.32. The van der Waals surface area contributed by atoms with Crippen molar-refractivity contribution >= 4 is 17.3 Å². The summed E-state index contributed by atoms with van der Waals surface area (Å²) in [7, 11) is 0. The van der Waals surface area contributed by atoms with E-state index in [0.29, 0.717) is 10.7 Å². The van der Waals surface area contributed by atoms with Crippen LogP contribution in [0.1, 0.15) is 43.8 Å². The Morgan fingerprint density at radius 1 is 1.42 bits per heavy atom. The third-order valence-corrected chi connectivity index (χ3v) is 4.84. The summed E-state index contributed by atoms with van der Waals surface area (Å²) in [4.78, 5) is 0. The lowest BCUT2D eigenvalue weighted by atomic mass is 9.70. The van der Waals surface area contributed by atoms with Gasteiger partial charge in [-0.3, -0.25) is 0 Å². The van der Waals surface area contributed by atoms with Crippen molar-refractivity contribution in [2.45, 2.75) is 43.8 Å². The number of aliphatic hydroxyl groups is 1. The van der Waals surface area contributed by atoms with Crippen molar-refractivity contribution in [1.29, 1.82) is 0 Å². The van der Waals surface area contributed by atoms with Gasteiger partial charge in [0.05, 0.1) is 11.7 Å². The number of aliphatic hydroxyl groups excluding tert-OH is 1. The molecule has 3 N–H and O–H groups in total. The highest BCUT2D eigenvalue weighted by atomic mass is 35.5. The second-order valence-electron chi connectivity index (χ2n) is 5.86. The van der Waals surface area contributed by atoms with Gasteiger partial charge in [0.2, 0.25) is 0 Å². The maximum absolute atomic E-state index is 10.6. The van der Waals surface area contributed by atoms with Crippen molar-refractivity contribution in [2.24, 2.45) is 5.92 Å². The number of hydrogen-bond donors (Lipinski definition) is 2. The van der Waals surface area contributed by atoms with E-state index in [4.69, 9.17) is 22.1 Å². The number of halogens is 1. The average molecular weight is 282 g/mol. The van der Waals surface area contributed by atoms with Crippen LogP contribution in [0, 0.1) is 5.92 Å². The van der Waals surface area contributed by atoms with Crippen LogP contribution in [0.25, 0.3) is 0 Å². The zero-order valence-electron chi connectivity index (χ0n) is 10.9. The Kier molecular flexibility index (Phi) is 3.46. The molecule has 2 aliphatic rings. The third kappa shape index (κ3) is 2.47. The van der Waals surface area contributed by atoms with Crippen LogP contribution >= 0.6 is 11.6 Å². The summed E-state index contributed by atoms with van der Waals surface area (Å²) in [6.07, 6.45) is 4.82. The number of nitrogens with two attached hydrogens (primary N) is 1. The summed E-state index contributed by atoms with van der Waals surface area (Å²) in [6.45, 7) is 0.745. The van der Waals surface area contributed by atoms with Crippen molar-refractivity contribution in [1.82, 2.24) is 0 Å². The number of ether oxygens (including phenoxy) is 1. The van der Waals surface area contributed by atoms with E-state index in [-0.39, 0.29) is 11.5 Å². The first kappa shape index (κ1) is 13.2. The summed E-state index contributed by atoms with van der Waals surface area (Å²) in [5.41, 5.74) is 7.39. The standard InChI is InChI=1S/C15H20ClNO2/c16-11-2-3-12(13(17)8-11)14(18)10-4-7-19-15(9-10)5-1-6-15/h2-3,8,10,14,18H,1,4-7,9,17H2. The smallest absolute Gasteiger partial charge is 0.0839 e. The lowest BCUT2D eigenvalue weighted by Gasteiger charge is -2.48. The number of nitrogen functional groups attached to an aromatic ring is 1. The highest BCUT2D eigenvalue weighted by Gasteiger charge is 2.44. The van der Waals surface area contributed by atoms with Gasteiger partial charge in [0, 0.05) is 22.9 Å². The molecule has 3 nitrogen and oxygen atoms in total. The molecule has 1 spiro atoms. The van der Waals surface area contributed by atoms with Crippen LogP contribution in [0.5, 0.6) is 0 Å². The molecule has 1 aliphatic heterocycles. The first-order chi connectivity index (χ1) is 9.10. The van der Waals surface area contributed by atoms with E-state index in [1.165, 1.54) is 6.42 Å². The zero-order chi connectivity index (χ0) is 13.5. The van der Waals surface area contributed by atoms with Gasteiger partial charge >= 0.3 is 0 Å². The predicted octanol–water partition coefficient (Wildman–Crippen LogP) is 3.30. The zero-order valence-corrected chi connectivity index (χ0v) is 11.7. The second-order valence-corrected chi connectivity index (χ2v) is 6.29. The molecule has 0 bridgehead atoms. The van der Waals surface area contributed by atoms with Crippen molar-refractivity contribution in [2.75, 3.05) is 12.3 Å². The maximum Gasteiger partial charge on any atom is 0.0839 e. The number of rotatable bonds is 2. The fraction of sp³-hybridized carbons (Fsp3) is 0.600. The van der Waals surface area contributed by atoms with Gasteiger partial charge in [0.1, 0.15) is 0 Å². The Morgan fingerprint density at radius 3 is 2.84 bits per heavy atom. The van der Waals surface area contributed by atoms with E-state index >= 15 is 0 Å².